The average Bonchev–Trinajstić information content (AvgIpc) is 3.14. The summed E-state index contributed by atoms with van der Waals surface area (Å²) in [6.07, 6.45) is 2.42. The van der Waals surface area contributed by atoms with Gasteiger partial charge in [0.25, 0.3) is 0 Å². The third-order valence-electron chi connectivity index (χ3n) is 5.48. The van der Waals surface area contributed by atoms with Gasteiger partial charge in [-0.2, -0.15) is 0 Å². The normalized spacial score (nSPS) is 17.8. The molecule has 0 amide bonds. The Morgan fingerprint density at radius 1 is 1.15 bits per heavy atom. The molecule has 2 aliphatic heterocycles. The number of hydrogen-bond acceptors (Lipinski definition) is 3. The van der Waals surface area contributed by atoms with Gasteiger partial charge in [0.15, 0.2) is 5.78 Å². The minimum Gasteiger partial charge on any atom is -0.384 e. The first-order valence-corrected chi connectivity index (χ1v) is 9.18. The summed E-state index contributed by atoms with van der Waals surface area (Å²) in [5, 5.41) is 3.46. The zero-order valence-electron chi connectivity index (χ0n) is 14.6. The van der Waals surface area contributed by atoms with Crippen LogP contribution in [0.5, 0.6) is 0 Å². The predicted molar refractivity (Wildman–Crippen MR) is 97.3 cm³/mol. The number of carbonyl (C=O) groups excluding carboxylic acids is 1. The van der Waals surface area contributed by atoms with E-state index in [1.807, 2.05) is 0 Å². The highest BCUT2D eigenvalue weighted by molar-refractivity contribution is 5.98. The van der Waals surface area contributed by atoms with E-state index in [1.165, 1.54) is 16.8 Å². The number of carbonyl (C=O) groups is 1. The molecule has 1 fully saturated rings. The molecule has 0 aliphatic carbocycles. The number of rotatable bonds is 4. The van der Waals surface area contributed by atoms with Crippen LogP contribution in [0, 0.1) is 17.6 Å². The van der Waals surface area contributed by atoms with Crippen LogP contribution in [0.15, 0.2) is 36.4 Å². The van der Waals surface area contributed by atoms with Crippen molar-refractivity contribution >= 4 is 11.5 Å². The average molecular weight is 356 g/mol. The first-order valence-electron chi connectivity index (χ1n) is 9.18. The van der Waals surface area contributed by atoms with Crippen molar-refractivity contribution in [3.8, 4) is 0 Å². The molecular formula is C21H22F2N2O. The Balaban J connectivity index is 1.39. The highest BCUT2D eigenvalue weighted by atomic mass is 19.1. The number of Topliss-reactive ketones (excluding diaryl/α,β-unsaturated/α-hetero) is 1. The Labute approximate surface area is 152 Å². The number of ketones is 1. The second-order valence-electron chi connectivity index (χ2n) is 7.17. The largest absolute Gasteiger partial charge is 0.384 e. The fourth-order valence-corrected chi connectivity index (χ4v) is 4.04. The summed E-state index contributed by atoms with van der Waals surface area (Å²) < 4.78 is 27.2. The fraction of sp³-hybridized carbons (Fsp3) is 0.381. The van der Waals surface area contributed by atoms with Crippen molar-refractivity contribution in [3.05, 3.63) is 64.7 Å². The molecule has 0 unspecified atom stereocenters. The Morgan fingerprint density at radius 2 is 1.96 bits per heavy atom. The SMILES string of the molecule is O=C(c1cc(F)ccc1F)C1CCN(Cc2cccc3c2NCC3)CC1. The van der Waals surface area contributed by atoms with Crippen LogP contribution in [0.25, 0.3) is 0 Å². The van der Waals surface area contributed by atoms with Gasteiger partial charge in [-0.1, -0.05) is 18.2 Å². The second kappa shape index (κ2) is 7.16. The number of para-hydroxylation sites is 1. The molecule has 4 rings (SSSR count). The topological polar surface area (TPSA) is 32.3 Å². The van der Waals surface area contributed by atoms with Gasteiger partial charge in [-0.3, -0.25) is 9.69 Å². The maximum Gasteiger partial charge on any atom is 0.169 e. The van der Waals surface area contributed by atoms with Gasteiger partial charge >= 0.3 is 0 Å². The van der Waals surface area contributed by atoms with Crippen molar-refractivity contribution in [1.29, 1.82) is 0 Å². The van der Waals surface area contributed by atoms with Crippen LogP contribution < -0.4 is 5.32 Å². The summed E-state index contributed by atoms with van der Waals surface area (Å²) in [6, 6.07) is 9.50. The third-order valence-corrected chi connectivity index (χ3v) is 5.48. The van der Waals surface area contributed by atoms with Crippen molar-refractivity contribution in [2.75, 3.05) is 25.0 Å². The molecule has 136 valence electrons. The molecule has 0 atom stereocenters. The molecule has 0 spiro atoms. The first kappa shape index (κ1) is 17.2. The number of nitrogens with zero attached hydrogens (tertiary/aromatic N) is 1. The van der Waals surface area contributed by atoms with Crippen LogP contribution in [0.4, 0.5) is 14.5 Å². The van der Waals surface area contributed by atoms with Gasteiger partial charge in [-0.15, -0.1) is 0 Å². The Hall–Kier alpha value is -2.27. The van der Waals surface area contributed by atoms with Crippen molar-refractivity contribution in [3.63, 3.8) is 0 Å². The third kappa shape index (κ3) is 3.36. The molecule has 26 heavy (non-hydrogen) atoms. The van der Waals surface area contributed by atoms with E-state index in [0.29, 0.717) is 12.8 Å². The minimum atomic E-state index is -0.634. The van der Waals surface area contributed by atoms with E-state index < -0.39 is 11.6 Å². The van der Waals surface area contributed by atoms with E-state index >= 15 is 0 Å². The van der Waals surface area contributed by atoms with Crippen molar-refractivity contribution in [2.24, 2.45) is 5.92 Å². The molecule has 2 heterocycles. The summed E-state index contributed by atoms with van der Waals surface area (Å²) in [5.74, 6) is -1.71. The van der Waals surface area contributed by atoms with Gasteiger partial charge in [-0.25, -0.2) is 8.78 Å². The second-order valence-corrected chi connectivity index (χ2v) is 7.17. The first-order chi connectivity index (χ1) is 12.6. The van der Waals surface area contributed by atoms with E-state index in [2.05, 4.69) is 28.4 Å². The van der Waals surface area contributed by atoms with Crippen LogP contribution in [-0.4, -0.2) is 30.3 Å². The monoisotopic (exact) mass is 356 g/mol. The number of nitrogens with one attached hydrogen (secondary N) is 1. The van der Waals surface area contributed by atoms with E-state index in [-0.39, 0.29) is 17.3 Å². The number of piperidine rings is 1. The van der Waals surface area contributed by atoms with Gasteiger partial charge in [-0.05, 0) is 61.7 Å². The number of anilines is 1. The lowest BCUT2D eigenvalue weighted by Gasteiger charge is -2.31. The quantitative estimate of drug-likeness (QED) is 0.840. The van der Waals surface area contributed by atoms with Crippen molar-refractivity contribution in [1.82, 2.24) is 4.90 Å². The van der Waals surface area contributed by atoms with Gasteiger partial charge in [0.1, 0.15) is 11.6 Å². The molecule has 1 saturated heterocycles. The molecule has 0 saturated carbocycles. The zero-order chi connectivity index (χ0) is 18.1. The van der Waals surface area contributed by atoms with Crippen LogP contribution in [-0.2, 0) is 13.0 Å². The summed E-state index contributed by atoms with van der Waals surface area (Å²) in [5.41, 5.74) is 3.80. The Kier molecular flexibility index (Phi) is 4.72. The molecule has 2 aromatic carbocycles. The van der Waals surface area contributed by atoms with Crippen molar-refractivity contribution in [2.45, 2.75) is 25.8 Å². The maximum atomic E-state index is 13.9. The van der Waals surface area contributed by atoms with Crippen LogP contribution in [0.1, 0.15) is 34.3 Å². The number of halogens is 2. The van der Waals surface area contributed by atoms with Crippen LogP contribution >= 0.6 is 0 Å². The van der Waals surface area contributed by atoms with Crippen LogP contribution in [0.2, 0.25) is 0 Å². The van der Waals surface area contributed by atoms with Gasteiger partial charge in [0.05, 0.1) is 5.56 Å². The highest BCUT2D eigenvalue weighted by Gasteiger charge is 2.28. The number of fused-ring (bicyclic) bond motifs is 1. The molecule has 1 N–H and O–H groups in total. The molecule has 2 aliphatic rings. The van der Waals surface area contributed by atoms with E-state index in [4.69, 9.17) is 0 Å². The smallest absolute Gasteiger partial charge is 0.169 e. The molecule has 0 radical (unpaired) electrons. The molecule has 3 nitrogen and oxygen atoms in total. The van der Waals surface area contributed by atoms with E-state index in [9.17, 15) is 13.6 Å². The summed E-state index contributed by atoms with van der Waals surface area (Å²) >= 11 is 0. The van der Waals surface area contributed by atoms with Gasteiger partial charge in [0.2, 0.25) is 0 Å². The summed E-state index contributed by atoms with van der Waals surface area (Å²) in [6.45, 7) is 3.42. The summed E-state index contributed by atoms with van der Waals surface area (Å²) in [7, 11) is 0. The van der Waals surface area contributed by atoms with Crippen molar-refractivity contribution < 1.29 is 13.6 Å². The molecular weight excluding hydrogens is 334 g/mol. The van der Waals surface area contributed by atoms with Crippen LogP contribution in [0.3, 0.4) is 0 Å². The lowest BCUT2D eigenvalue weighted by atomic mass is 9.88. The summed E-state index contributed by atoms with van der Waals surface area (Å²) in [4.78, 5) is 14.9. The Bertz CT molecular complexity index is 829. The molecule has 2 aromatic rings. The number of benzene rings is 2. The standard InChI is InChI=1S/C21H22F2N2O/c22-17-4-5-19(23)18(12-17)21(26)15-7-10-25(11-8-15)13-16-3-1-2-14-6-9-24-20(14)16/h1-5,12,15,24H,6-11,13H2. The molecule has 5 heteroatoms. The highest BCUT2D eigenvalue weighted by Crippen LogP contribution is 2.29. The van der Waals surface area contributed by atoms with E-state index in [0.717, 1.165) is 50.8 Å². The zero-order valence-corrected chi connectivity index (χ0v) is 14.6. The lowest BCUT2D eigenvalue weighted by molar-refractivity contribution is 0.0830. The minimum absolute atomic E-state index is 0.117. The fourth-order valence-electron chi connectivity index (χ4n) is 4.04. The van der Waals surface area contributed by atoms with E-state index in [1.54, 1.807) is 0 Å². The van der Waals surface area contributed by atoms with Gasteiger partial charge in [0, 0.05) is 24.7 Å². The van der Waals surface area contributed by atoms with Gasteiger partial charge < -0.3 is 5.32 Å². The maximum absolute atomic E-state index is 13.9. The number of likely N-dealkylation sites (tertiary alicyclic amines) is 1. The molecule has 0 bridgehead atoms. The predicted octanol–water partition coefficient (Wildman–Crippen LogP) is 4.03. The lowest BCUT2D eigenvalue weighted by Crippen LogP contribution is -2.36. The molecule has 0 aromatic heterocycles. The number of hydrogen-bond donors (Lipinski definition) is 1. The Morgan fingerprint density at radius 3 is 2.77 bits per heavy atom.